The number of likely N-dealkylation sites (tertiary alicyclic amines) is 2. The number of hydrogen-bond donors (Lipinski definition) is 3. The zero-order valence-corrected chi connectivity index (χ0v) is 30.1. The molecule has 8 rings (SSSR count). The van der Waals surface area contributed by atoms with Crippen molar-refractivity contribution < 1.29 is 14.4 Å². The van der Waals surface area contributed by atoms with E-state index in [4.69, 9.17) is 4.98 Å². The van der Waals surface area contributed by atoms with Crippen LogP contribution in [0.1, 0.15) is 78.3 Å². The van der Waals surface area contributed by atoms with E-state index in [0.717, 1.165) is 82.5 Å². The molecule has 2 aromatic heterocycles. The maximum atomic E-state index is 13.6. The second-order valence-corrected chi connectivity index (χ2v) is 15.5. The lowest BCUT2D eigenvalue weighted by Crippen LogP contribution is -2.48. The summed E-state index contributed by atoms with van der Waals surface area (Å²) in [4.78, 5) is 64.7. The molecular weight excluding hydrogens is 656 g/mol. The minimum absolute atomic E-state index is 0.0968. The molecule has 4 aromatic rings. The van der Waals surface area contributed by atoms with Gasteiger partial charge in [-0.1, -0.05) is 24.3 Å². The van der Waals surface area contributed by atoms with E-state index in [1.54, 1.807) is 17.8 Å². The van der Waals surface area contributed by atoms with Crippen LogP contribution in [0.5, 0.6) is 0 Å². The third kappa shape index (κ3) is 6.71. The van der Waals surface area contributed by atoms with Crippen LogP contribution in [0.15, 0.2) is 65.6 Å². The predicted molar refractivity (Wildman–Crippen MR) is 201 cm³/mol. The van der Waals surface area contributed by atoms with Gasteiger partial charge in [-0.2, -0.15) is 0 Å². The number of anilines is 2. The van der Waals surface area contributed by atoms with Crippen LogP contribution in [0.2, 0.25) is 0 Å². The highest BCUT2D eigenvalue weighted by Crippen LogP contribution is 2.42. The van der Waals surface area contributed by atoms with E-state index in [2.05, 4.69) is 56.7 Å². The van der Waals surface area contributed by atoms with E-state index >= 15 is 0 Å². The average Bonchev–Trinajstić information content (AvgIpc) is 3.63. The summed E-state index contributed by atoms with van der Waals surface area (Å²) in [6.07, 6.45) is 7.86. The molecule has 4 fully saturated rings. The van der Waals surface area contributed by atoms with Crippen molar-refractivity contribution >= 4 is 40.4 Å². The molecule has 52 heavy (non-hydrogen) atoms. The van der Waals surface area contributed by atoms with Crippen LogP contribution < -0.4 is 21.1 Å². The average molecular weight is 705 g/mol. The fourth-order valence-electron chi connectivity index (χ4n) is 8.99. The van der Waals surface area contributed by atoms with Crippen molar-refractivity contribution in [3.05, 3.63) is 87.8 Å². The molecule has 3 atom stereocenters. The lowest BCUT2D eigenvalue weighted by molar-refractivity contribution is -0.134. The van der Waals surface area contributed by atoms with Gasteiger partial charge in [-0.15, -0.1) is 0 Å². The topological polar surface area (TPSA) is 136 Å². The lowest BCUT2D eigenvalue weighted by Gasteiger charge is -2.47. The number of H-pyrrole nitrogens is 1. The summed E-state index contributed by atoms with van der Waals surface area (Å²) in [5.41, 5.74) is 5.45. The number of carbonyl (C=O) groups is 3. The van der Waals surface area contributed by atoms with Crippen molar-refractivity contribution in [2.45, 2.75) is 62.8 Å². The van der Waals surface area contributed by atoms with Gasteiger partial charge in [0.15, 0.2) is 0 Å². The maximum Gasteiger partial charge on any atom is 0.278 e. The van der Waals surface area contributed by atoms with Gasteiger partial charge in [-0.25, -0.2) is 4.98 Å². The Kier molecular flexibility index (Phi) is 9.11. The fourth-order valence-corrected chi connectivity index (χ4v) is 8.99. The normalized spacial score (nSPS) is 23.9. The molecule has 4 aliphatic rings. The number of imide groups is 1. The Labute approximate surface area is 303 Å². The minimum Gasteiger partial charge on any atom is -0.371 e. The van der Waals surface area contributed by atoms with Gasteiger partial charge < -0.3 is 25.0 Å². The molecule has 4 saturated heterocycles. The second kappa shape index (κ2) is 13.9. The summed E-state index contributed by atoms with van der Waals surface area (Å²) in [7, 11) is 3.87. The van der Waals surface area contributed by atoms with Gasteiger partial charge in [-0.05, 0) is 98.4 Å². The Balaban J connectivity index is 0.835. The Morgan fingerprint density at radius 3 is 2.27 bits per heavy atom. The number of rotatable bonds is 6. The predicted octanol–water partition coefficient (Wildman–Crippen LogP) is 4.20. The first-order valence-corrected chi connectivity index (χ1v) is 18.7. The van der Waals surface area contributed by atoms with Gasteiger partial charge in [-0.3, -0.25) is 29.1 Å². The summed E-state index contributed by atoms with van der Waals surface area (Å²) >= 11 is 0. The van der Waals surface area contributed by atoms with Crippen LogP contribution in [0, 0.1) is 5.41 Å². The van der Waals surface area contributed by atoms with Crippen LogP contribution in [0.4, 0.5) is 11.6 Å². The van der Waals surface area contributed by atoms with Crippen molar-refractivity contribution in [1.29, 1.82) is 0 Å². The van der Waals surface area contributed by atoms with Crippen LogP contribution >= 0.6 is 0 Å². The zero-order chi connectivity index (χ0) is 36.0. The van der Waals surface area contributed by atoms with Crippen LogP contribution in [0.25, 0.3) is 11.0 Å². The van der Waals surface area contributed by atoms with Crippen LogP contribution in [-0.2, 0) is 16.6 Å². The molecule has 3 amide bonds. The molecule has 0 bridgehead atoms. The SMILES string of the molecule is CN1C[C@H](Nc2nc3cc[nH]c3c(=O)n2C)C[C@H](c2ccc(C(=O)N3CCC4(CC3)CCN(c3ccc(C5CCC(=O)NC5=O)cc3)CC4)cc2)C1. The zero-order valence-electron chi connectivity index (χ0n) is 30.1. The highest BCUT2D eigenvalue weighted by atomic mass is 16.2. The number of hydrogen-bond acceptors (Lipinski definition) is 8. The molecule has 1 unspecified atom stereocenters. The number of nitrogens with one attached hydrogen (secondary N) is 3. The molecule has 12 nitrogen and oxygen atoms in total. The number of carbonyl (C=O) groups excluding carboxylic acids is 3. The van der Waals surface area contributed by atoms with E-state index in [0.29, 0.717) is 29.8 Å². The molecule has 0 saturated carbocycles. The van der Waals surface area contributed by atoms with Gasteiger partial charge >= 0.3 is 0 Å². The summed E-state index contributed by atoms with van der Waals surface area (Å²) in [5.74, 6) is 0.334. The number of aromatic amines is 1. The number of likely N-dealkylation sites (N-methyl/N-ethyl adjacent to an activating group) is 1. The molecule has 4 aliphatic heterocycles. The molecular formula is C40H48N8O4. The Hall–Kier alpha value is -4.97. The largest absolute Gasteiger partial charge is 0.371 e. The molecule has 272 valence electrons. The Morgan fingerprint density at radius 1 is 0.865 bits per heavy atom. The number of nitrogens with zero attached hydrogens (tertiary/aromatic N) is 5. The first-order chi connectivity index (χ1) is 25.1. The molecule has 2 aromatic carbocycles. The Bertz CT molecular complexity index is 2020. The van der Waals surface area contributed by atoms with E-state index in [1.165, 1.54) is 11.3 Å². The summed E-state index contributed by atoms with van der Waals surface area (Å²) in [6.45, 7) is 5.31. The highest BCUT2D eigenvalue weighted by Gasteiger charge is 2.39. The highest BCUT2D eigenvalue weighted by molar-refractivity contribution is 6.01. The van der Waals surface area contributed by atoms with Gasteiger partial charge in [0.2, 0.25) is 17.8 Å². The quantitative estimate of drug-likeness (QED) is 0.254. The van der Waals surface area contributed by atoms with Crippen molar-refractivity contribution in [1.82, 2.24) is 29.7 Å². The molecule has 12 heteroatoms. The third-order valence-corrected chi connectivity index (χ3v) is 12.2. The van der Waals surface area contributed by atoms with Crippen molar-refractivity contribution in [3.8, 4) is 0 Å². The van der Waals surface area contributed by atoms with E-state index in [9.17, 15) is 19.2 Å². The fraction of sp³-hybridized carbons (Fsp3) is 0.475. The first kappa shape index (κ1) is 34.1. The number of fused-ring (bicyclic) bond motifs is 1. The standard InChI is InChI=1S/C40H48N8O4/c1-45-24-29(23-30(25-45)42-39-43-33-13-18-41-35(33)38(52)46(39)2)26-3-5-28(6-4-26)37(51)48-21-16-40(17-22-48)14-19-47(20-15-40)31-9-7-27(8-10-31)32-11-12-34(49)44-36(32)50/h3-10,13,18,29-30,32,41H,11-12,14-17,19-25H2,1-2H3,(H,42,43)(H,44,49,50)/t29-,30+,32?/m0/s1. The van der Waals surface area contributed by atoms with Gasteiger partial charge in [0.25, 0.3) is 11.5 Å². The number of aromatic nitrogens is 3. The molecule has 0 aliphatic carbocycles. The van der Waals surface area contributed by atoms with E-state index < -0.39 is 0 Å². The van der Waals surface area contributed by atoms with Crippen molar-refractivity contribution in [2.75, 3.05) is 56.5 Å². The number of piperidine rings is 4. The van der Waals surface area contributed by atoms with E-state index in [1.807, 2.05) is 35.2 Å². The molecule has 6 heterocycles. The smallest absolute Gasteiger partial charge is 0.278 e. The summed E-state index contributed by atoms with van der Waals surface area (Å²) < 4.78 is 1.57. The maximum absolute atomic E-state index is 13.6. The van der Waals surface area contributed by atoms with E-state index in [-0.39, 0.29) is 46.6 Å². The van der Waals surface area contributed by atoms with Crippen molar-refractivity contribution in [3.63, 3.8) is 0 Å². The third-order valence-electron chi connectivity index (χ3n) is 12.2. The monoisotopic (exact) mass is 704 g/mol. The lowest BCUT2D eigenvalue weighted by atomic mass is 9.71. The summed E-state index contributed by atoms with van der Waals surface area (Å²) in [6, 6.07) is 18.5. The summed E-state index contributed by atoms with van der Waals surface area (Å²) in [5, 5.41) is 6.00. The second-order valence-electron chi connectivity index (χ2n) is 15.5. The minimum atomic E-state index is -0.258. The molecule has 1 spiro atoms. The Morgan fingerprint density at radius 2 is 1.56 bits per heavy atom. The molecule has 0 radical (unpaired) electrons. The van der Waals surface area contributed by atoms with Gasteiger partial charge in [0.1, 0.15) is 5.52 Å². The van der Waals surface area contributed by atoms with Gasteiger partial charge in [0, 0.05) is 76.2 Å². The van der Waals surface area contributed by atoms with Crippen molar-refractivity contribution in [2.24, 2.45) is 12.5 Å². The van der Waals surface area contributed by atoms with Crippen LogP contribution in [0.3, 0.4) is 0 Å². The molecule has 3 N–H and O–H groups in total. The number of benzene rings is 2. The number of amides is 3. The van der Waals surface area contributed by atoms with Crippen LogP contribution in [-0.4, -0.2) is 94.4 Å². The first-order valence-electron chi connectivity index (χ1n) is 18.7. The van der Waals surface area contributed by atoms with Gasteiger partial charge in [0.05, 0.1) is 11.4 Å².